The van der Waals surface area contributed by atoms with Gasteiger partial charge in [-0.05, 0) is 253 Å². The Balaban J connectivity index is 0.000000134. The third-order valence-corrected chi connectivity index (χ3v) is 25.4. The molecule has 26 aromatic rings. The average Bonchev–Trinajstić information content (AvgIpc) is 1.63. The first-order valence-corrected chi connectivity index (χ1v) is 41.8. The van der Waals surface area contributed by atoms with Crippen LogP contribution in [0.4, 0.5) is 0 Å². The van der Waals surface area contributed by atoms with Crippen LogP contribution in [0.1, 0.15) is 0 Å². The van der Waals surface area contributed by atoms with E-state index in [1.807, 2.05) is 18.2 Å². The summed E-state index contributed by atoms with van der Waals surface area (Å²) in [7, 11) is 0. The molecule has 0 aliphatic rings. The summed E-state index contributed by atoms with van der Waals surface area (Å²) in [6.07, 6.45) is 0. The van der Waals surface area contributed by atoms with Gasteiger partial charge in [-0.3, -0.25) is 0 Å². The number of hydrogen-bond donors (Lipinski definition) is 0. The second-order valence-corrected chi connectivity index (χ2v) is 32.2. The first kappa shape index (κ1) is 68.9. The fourth-order valence-corrected chi connectivity index (χ4v) is 19.5. The van der Waals surface area contributed by atoms with Crippen molar-refractivity contribution in [1.29, 1.82) is 0 Å². The van der Waals surface area contributed by atoms with E-state index in [-0.39, 0.29) is 0 Å². The first-order valence-electron chi connectivity index (χ1n) is 41.8. The minimum Gasteiger partial charge on any atom is -0.456 e. The molecular weight excluding hydrogens is 1480 g/mol. The molecule has 0 fully saturated rings. The SMILES string of the molecule is c1ccc(-n2c3ccccc3c3cc(-c4ccc5c(c4)c4cc(-c6ccc7c(c6)oc6ccccc67)ccc4n5-c4ccc(-c5ccc6ccccc6c5)cc4)ccc32)cc1.c1ccc(-n2c3ccccc3c3cc(-c4ccc5c(c4)c4cc(-c6cccc7c6oc6ccccc67)ccc4n5-c4ccc(-c5ccc6ccccc6c5)cc4)ccc32)cc1. The third kappa shape index (κ3) is 11.2. The summed E-state index contributed by atoms with van der Waals surface area (Å²) in [5, 5.41) is 19.4. The highest BCUT2D eigenvalue weighted by atomic mass is 16.3. The minimum atomic E-state index is 0.902. The molecular formula is C116H72N4O2. The van der Waals surface area contributed by atoms with Gasteiger partial charge < -0.3 is 27.1 Å². The Labute approximate surface area is 701 Å². The predicted molar refractivity (Wildman–Crippen MR) is 512 cm³/mol. The maximum absolute atomic E-state index is 6.55. The molecule has 568 valence electrons. The van der Waals surface area contributed by atoms with E-state index >= 15 is 0 Å². The Morgan fingerprint density at radius 1 is 0.139 bits per heavy atom. The lowest BCUT2D eigenvalue weighted by Gasteiger charge is -2.11. The van der Waals surface area contributed by atoms with Crippen molar-refractivity contribution >= 4 is 153 Å². The van der Waals surface area contributed by atoms with Crippen LogP contribution in [0.2, 0.25) is 0 Å². The van der Waals surface area contributed by atoms with Gasteiger partial charge in [-0.25, -0.2) is 0 Å². The molecule has 0 N–H and O–H groups in total. The average molecular weight is 1550 g/mol. The number of hydrogen-bond acceptors (Lipinski definition) is 2. The lowest BCUT2D eigenvalue weighted by molar-refractivity contribution is 0.669. The highest BCUT2D eigenvalue weighted by Gasteiger charge is 2.23. The Morgan fingerprint density at radius 2 is 0.426 bits per heavy atom. The molecule has 0 aliphatic carbocycles. The van der Waals surface area contributed by atoms with Crippen LogP contribution in [-0.2, 0) is 0 Å². The standard InChI is InChI=1S/2C58H36N2O/c1-2-13-44(14-3-1)59-53-19-8-6-15-47(53)50-34-41(25-30-54(50)59)42-26-31-55-51(35-42)52-36-43(46-17-10-18-49-48-16-7-9-20-57(48)61-58(46)49)27-32-56(52)60(55)45-28-23-38(24-29-45)40-22-21-37-11-4-5-12-39(37)33-40;1-2-12-45(13-3-1)59-53-16-8-6-14-47(53)50-33-41(23-29-54(50)59)42-24-30-55-51(34-42)52-35-43(44-22-28-49-48-15-7-9-17-57(48)61-58(49)36-44)25-31-56(52)60(55)46-26-20-38(21-27-46)40-19-18-37-10-4-5-11-39(37)32-40/h2*1-36H. The summed E-state index contributed by atoms with van der Waals surface area (Å²) in [6, 6.07) is 159. The van der Waals surface area contributed by atoms with Crippen molar-refractivity contribution in [3.63, 3.8) is 0 Å². The van der Waals surface area contributed by atoms with Gasteiger partial charge in [0.25, 0.3) is 0 Å². The van der Waals surface area contributed by atoms with Crippen LogP contribution in [0.15, 0.2) is 446 Å². The number of para-hydroxylation sites is 7. The fraction of sp³-hybridized carbons (Fsp3) is 0. The Bertz CT molecular complexity index is 8750. The van der Waals surface area contributed by atoms with Crippen molar-refractivity contribution in [3.05, 3.63) is 437 Å². The predicted octanol–water partition coefficient (Wildman–Crippen LogP) is 31.9. The highest BCUT2D eigenvalue weighted by molar-refractivity contribution is 6.18. The van der Waals surface area contributed by atoms with Gasteiger partial charge in [0.05, 0.1) is 44.1 Å². The molecule has 0 aliphatic heterocycles. The number of rotatable bonds is 10. The molecule has 20 aromatic carbocycles. The van der Waals surface area contributed by atoms with E-state index in [1.54, 1.807) is 0 Å². The summed E-state index contributed by atoms with van der Waals surface area (Å²) in [6.45, 7) is 0. The summed E-state index contributed by atoms with van der Waals surface area (Å²) in [5.41, 5.74) is 31.8. The van der Waals surface area contributed by atoms with Crippen LogP contribution < -0.4 is 0 Å². The van der Waals surface area contributed by atoms with Crippen LogP contribution in [-0.4, -0.2) is 18.3 Å². The van der Waals surface area contributed by atoms with Crippen LogP contribution in [0, 0.1) is 0 Å². The number of furan rings is 2. The lowest BCUT2D eigenvalue weighted by Crippen LogP contribution is -1.94. The van der Waals surface area contributed by atoms with Gasteiger partial charge in [-0.2, -0.15) is 0 Å². The number of nitrogens with zero attached hydrogens (tertiary/aromatic N) is 4. The quantitative estimate of drug-likeness (QED) is 0.137. The molecule has 0 radical (unpaired) electrons. The van der Waals surface area contributed by atoms with Crippen molar-refractivity contribution in [1.82, 2.24) is 18.3 Å². The second-order valence-electron chi connectivity index (χ2n) is 32.2. The maximum atomic E-state index is 6.55. The van der Waals surface area contributed by atoms with Crippen molar-refractivity contribution in [3.8, 4) is 89.5 Å². The van der Waals surface area contributed by atoms with E-state index < -0.39 is 0 Å². The molecule has 6 nitrogen and oxygen atoms in total. The molecule has 0 saturated carbocycles. The van der Waals surface area contributed by atoms with E-state index in [4.69, 9.17) is 8.83 Å². The molecule has 0 unspecified atom stereocenters. The van der Waals surface area contributed by atoms with Gasteiger partial charge in [0.1, 0.15) is 22.3 Å². The third-order valence-electron chi connectivity index (χ3n) is 25.4. The molecule has 6 heteroatoms. The first-order chi connectivity index (χ1) is 60.4. The Morgan fingerprint density at radius 3 is 0.877 bits per heavy atom. The van der Waals surface area contributed by atoms with Gasteiger partial charge in [0.15, 0.2) is 0 Å². The van der Waals surface area contributed by atoms with Crippen molar-refractivity contribution in [2.75, 3.05) is 0 Å². The van der Waals surface area contributed by atoms with E-state index in [9.17, 15) is 0 Å². The zero-order valence-corrected chi connectivity index (χ0v) is 66.2. The van der Waals surface area contributed by atoms with E-state index in [0.29, 0.717) is 0 Å². The van der Waals surface area contributed by atoms with E-state index in [1.165, 1.54) is 142 Å². The van der Waals surface area contributed by atoms with Gasteiger partial charge in [-0.15, -0.1) is 0 Å². The molecule has 26 rings (SSSR count). The Kier molecular flexibility index (Phi) is 15.6. The molecule has 0 spiro atoms. The van der Waals surface area contributed by atoms with E-state index in [2.05, 4.69) is 437 Å². The summed E-state index contributed by atoms with van der Waals surface area (Å²) >= 11 is 0. The molecule has 0 amide bonds. The molecule has 0 bridgehead atoms. The number of aromatic nitrogens is 4. The highest BCUT2D eigenvalue weighted by Crippen LogP contribution is 2.46. The number of fused-ring (bicyclic) bond motifs is 20. The summed E-state index contributed by atoms with van der Waals surface area (Å²) in [5.74, 6) is 0. The van der Waals surface area contributed by atoms with Gasteiger partial charge >= 0.3 is 0 Å². The zero-order valence-electron chi connectivity index (χ0n) is 66.2. The van der Waals surface area contributed by atoms with Crippen LogP contribution in [0.5, 0.6) is 0 Å². The Hall–Kier alpha value is -16.3. The van der Waals surface area contributed by atoms with Gasteiger partial charge in [0.2, 0.25) is 0 Å². The van der Waals surface area contributed by atoms with Crippen molar-refractivity contribution < 1.29 is 8.83 Å². The largest absolute Gasteiger partial charge is 0.456 e. The van der Waals surface area contributed by atoms with Crippen LogP contribution in [0.3, 0.4) is 0 Å². The molecule has 122 heavy (non-hydrogen) atoms. The summed E-state index contributed by atoms with van der Waals surface area (Å²) < 4.78 is 22.5. The normalized spacial score (nSPS) is 11.9. The smallest absolute Gasteiger partial charge is 0.143 e. The minimum absolute atomic E-state index is 0.902. The fourth-order valence-electron chi connectivity index (χ4n) is 19.5. The maximum Gasteiger partial charge on any atom is 0.143 e. The monoisotopic (exact) mass is 1550 g/mol. The topological polar surface area (TPSA) is 46.0 Å². The second kappa shape index (κ2) is 27.7. The van der Waals surface area contributed by atoms with E-state index in [0.717, 1.165) is 99.9 Å². The summed E-state index contributed by atoms with van der Waals surface area (Å²) in [4.78, 5) is 0. The molecule has 6 heterocycles. The van der Waals surface area contributed by atoms with Crippen LogP contribution in [0.25, 0.3) is 242 Å². The molecule has 6 aromatic heterocycles. The van der Waals surface area contributed by atoms with Gasteiger partial charge in [0, 0.05) is 92.9 Å². The van der Waals surface area contributed by atoms with Crippen molar-refractivity contribution in [2.24, 2.45) is 0 Å². The molecule has 0 atom stereocenters. The zero-order chi connectivity index (χ0) is 80.0. The van der Waals surface area contributed by atoms with Crippen molar-refractivity contribution in [2.45, 2.75) is 0 Å². The number of benzene rings is 20. The van der Waals surface area contributed by atoms with Gasteiger partial charge in [-0.1, -0.05) is 267 Å². The molecule has 0 saturated heterocycles. The lowest BCUT2D eigenvalue weighted by atomic mass is 9.98. The van der Waals surface area contributed by atoms with Crippen LogP contribution >= 0.6 is 0 Å².